The summed E-state index contributed by atoms with van der Waals surface area (Å²) in [7, 11) is 0. The van der Waals surface area contributed by atoms with E-state index in [1.807, 2.05) is 12.1 Å². The number of rotatable bonds is 2. The molecule has 19 heavy (non-hydrogen) atoms. The molecule has 0 atom stereocenters. The Morgan fingerprint density at radius 3 is 2.89 bits per heavy atom. The number of carbonyl (C=O) groups is 1. The molecule has 0 amide bonds. The third kappa shape index (κ3) is 2.17. The lowest BCUT2D eigenvalue weighted by atomic mass is 9.99. The highest BCUT2D eigenvalue weighted by atomic mass is 35.5. The van der Waals surface area contributed by atoms with E-state index in [1.165, 1.54) is 0 Å². The Kier molecular flexibility index (Phi) is 2.91. The van der Waals surface area contributed by atoms with E-state index in [4.69, 9.17) is 22.1 Å². The zero-order valence-corrected chi connectivity index (χ0v) is 10.9. The van der Waals surface area contributed by atoms with E-state index < -0.39 is 0 Å². The highest BCUT2D eigenvalue weighted by Gasteiger charge is 2.21. The van der Waals surface area contributed by atoms with Gasteiger partial charge in [-0.05, 0) is 29.8 Å². The molecule has 1 heterocycles. The minimum atomic E-state index is -0.118. The normalized spacial score (nSPS) is 12.9. The van der Waals surface area contributed by atoms with Gasteiger partial charge in [0.05, 0.1) is 12.2 Å². The number of para-hydroxylation sites is 1. The van der Waals surface area contributed by atoms with E-state index in [-0.39, 0.29) is 5.78 Å². The maximum atomic E-state index is 12.5. The second-order valence-electron chi connectivity index (χ2n) is 4.49. The zero-order valence-electron chi connectivity index (χ0n) is 10.2. The van der Waals surface area contributed by atoms with E-state index >= 15 is 0 Å². The fourth-order valence-corrected chi connectivity index (χ4v) is 2.54. The van der Waals surface area contributed by atoms with Gasteiger partial charge in [-0.2, -0.15) is 0 Å². The number of hydrogen-bond acceptors (Lipinski definition) is 3. The van der Waals surface area contributed by atoms with Gasteiger partial charge in [-0.3, -0.25) is 4.79 Å². The third-order valence-corrected chi connectivity index (χ3v) is 3.36. The predicted octanol–water partition coefficient (Wildman–Crippen LogP) is 3.09. The molecule has 1 aliphatic heterocycles. The third-order valence-electron chi connectivity index (χ3n) is 3.14. The molecule has 4 heteroatoms. The molecule has 1 aliphatic rings. The summed E-state index contributed by atoms with van der Waals surface area (Å²) in [5.41, 5.74) is 8.31. The van der Waals surface area contributed by atoms with E-state index in [0.717, 1.165) is 12.0 Å². The van der Waals surface area contributed by atoms with Crippen LogP contribution in [0.1, 0.15) is 21.5 Å². The second-order valence-corrected chi connectivity index (χ2v) is 4.93. The van der Waals surface area contributed by atoms with Gasteiger partial charge in [0.2, 0.25) is 0 Å². The van der Waals surface area contributed by atoms with Crippen molar-refractivity contribution in [2.75, 3.05) is 12.3 Å². The Labute approximate surface area is 115 Å². The summed E-state index contributed by atoms with van der Waals surface area (Å²) in [5.74, 6) is 0.569. The summed E-state index contributed by atoms with van der Waals surface area (Å²) < 4.78 is 5.55. The molecule has 3 rings (SSSR count). The first-order valence-electron chi connectivity index (χ1n) is 6.00. The van der Waals surface area contributed by atoms with Crippen molar-refractivity contribution in [3.63, 3.8) is 0 Å². The lowest BCUT2D eigenvalue weighted by Gasteiger charge is -2.08. The van der Waals surface area contributed by atoms with Crippen LogP contribution < -0.4 is 10.5 Å². The molecule has 2 N–H and O–H groups in total. The fraction of sp³-hybridized carbons (Fsp3) is 0.133. The molecule has 0 unspecified atom stereocenters. The lowest BCUT2D eigenvalue weighted by molar-refractivity contribution is 0.103. The molecular weight excluding hydrogens is 262 g/mol. The summed E-state index contributed by atoms with van der Waals surface area (Å²) in [6.07, 6.45) is 0.841. The van der Waals surface area contributed by atoms with Crippen LogP contribution in [-0.2, 0) is 6.42 Å². The van der Waals surface area contributed by atoms with Gasteiger partial charge < -0.3 is 10.5 Å². The Hall–Kier alpha value is -2.00. The number of hydrogen-bond donors (Lipinski definition) is 1. The highest BCUT2D eigenvalue weighted by molar-refractivity contribution is 6.31. The van der Waals surface area contributed by atoms with Crippen molar-refractivity contribution in [1.82, 2.24) is 0 Å². The number of carbonyl (C=O) groups excluding carboxylic acids is 1. The number of nitrogen functional groups attached to an aromatic ring is 1. The first kappa shape index (κ1) is 12.1. The smallest absolute Gasteiger partial charge is 0.196 e. The summed E-state index contributed by atoms with van der Waals surface area (Å²) in [6, 6.07) is 10.5. The van der Waals surface area contributed by atoms with Crippen LogP contribution in [-0.4, -0.2) is 12.4 Å². The van der Waals surface area contributed by atoms with Crippen molar-refractivity contribution < 1.29 is 9.53 Å². The van der Waals surface area contributed by atoms with E-state index in [1.54, 1.807) is 24.3 Å². The van der Waals surface area contributed by atoms with Crippen LogP contribution >= 0.6 is 11.6 Å². The molecule has 96 valence electrons. The Bertz CT molecular complexity index is 647. The number of ketones is 1. The van der Waals surface area contributed by atoms with E-state index in [2.05, 4.69) is 0 Å². The van der Waals surface area contributed by atoms with Crippen molar-refractivity contribution in [3.05, 3.63) is 58.1 Å². The quantitative estimate of drug-likeness (QED) is 0.676. The van der Waals surface area contributed by atoms with Gasteiger partial charge in [-0.25, -0.2) is 0 Å². The number of nitrogens with two attached hydrogens (primary N) is 1. The van der Waals surface area contributed by atoms with Crippen LogP contribution in [0.2, 0.25) is 5.02 Å². The molecule has 0 radical (unpaired) electrons. The number of halogens is 1. The first-order chi connectivity index (χ1) is 9.15. The fourth-order valence-electron chi connectivity index (χ4n) is 2.29. The average Bonchev–Trinajstić information content (AvgIpc) is 2.84. The van der Waals surface area contributed by atoms with Gasteiger partial charge in [0.25, 0.3) is 0 Å². The summed E-state index contributed by atoms with van der Waals surface area (Å²) in [6.45, 7) is 0.622. The van der Waals surface area contributed by atoms with Gasteiger partial charge in [-0.1, -0.05) is 23.7 Å². The maximum absolute atomic E-state index is 12.5. The minimum absolute atomic E-state index is 0.118. The first-order valence-corrected chi connectivity index (χ1v) is 6.38. The molecule has 0 bridgehead atoms. The maximum Gasteiger partial charge on any atom is 0.196 e. The predicted molar refractivity (Wildman–Crippen MR) is 74.9 cm³/mol. The molecule has 0 aromatic heterocycles. The molecule has 0 saturated carbocycles. The number of benzene rings is 2. The van der Waals surface area contributed by atoms with Crippen molar-refractivity contribution in [2.45, 2.75) is 6.42 Å². The average molecular weight is 274 g/mol. The van der Waals surface area contributed by atoms with Gasteiger partial charge in [0.15, 0.2) is 5.78 Å². The SMILES string of the molecule is Nc1cc(Cl)cc(C(=O)c2cccc3c2OCC3)c1. The minimum Gasteiger partial charge on any atom is -0.492 e. The molecule has 3 nitrogen and oxygen atoms in total. The van der Waals surface area contributed by atoms with Crippen LogP contribution in [0, 0.1) is 0 Å². The van der Waals surface area contributed by atoms with Crippen LogP contribution in [0.15, 0.2) is 36.4 Å². The van der Waals surface area contributed by atoms with E-state index in [9.17, 15) is 4.79 Å². The van der Waals surface area contributed by atoms with Crippen LogP contribution in [0.25, 0.3) is 0 Å². The molecule has 0 aliphatic carbocycles. The van der Waals surface area contributed by atoms with Crippen molar-refractivity contribution in [3.8, 4) is 5.75 Å². The number of fused-ring (bicyclic) bond motifs is 1. The van der Waals surface area contributed by atoms with Crippen LogP contribution in [0.5, 0.6) is 5.75 Å². The van der Waals surface area contributed by atoms with Crippen molar-refractivity contribution in [1.29, 1.82) is 0 Å². The van der Waals surface area contributed by atoms with Gasteiger partial charge in [0, 0.05) is 22.7 Å². The molecule has 0 saturated heterocycles. The lowest BCUT2D eigenvalue weighted by Crippen LogP contribution is -2.04. The zero-order chi connectivity index (χ0) is 13.4. The molecule has 2 aromatic rings. The molecule has 0 spiro atoms. The van der Waals surface area contributed by atoms with Crippen molar-refractivity contribution in [2.24, 2.45) is 0 Å². The van der Waals surface area contributed by atoms with Gasteiger partial charge in [0.1, 0.15) is 5.75 Å². The largest absolute Gasteiger partial charge is 0.492 e. The van der Waals surface area contributed by atoms with Crippen LogP contribution in [0.3, 0.4) is 0 Å². The monoisotopic (exact) mass is 273 g/mol. The standard InChI is InChI=1S/C15H12ClNO2/c16-11-6-10(7-12(17)8-11)14(18)13-3-1-2-9-4-5-19-15(9)13/h1-3,6-8H,4-5,17H2. The van der Waals surface area contributed by atoms with Gasteiger partial charge >= 0.3 is 0 Å². The highest BCUT2D eigenvalue weighted by Crippen LogP contribution is 2.31. The van der Waals surface area contributed by atoms with Crippen LogP contribution in [0.4, 0.5) is 5.69 Å². The van der Waals surface area contributed by atoms with Gasteiger partial charge in [-0.15, -0.1) is 0 Å². The Morgan fingerprint density at radius 1 is 1.26 bits per heavy atom. The Morgan fingerprint density at radius 2 is 2.11 bits per heavy atom. The number of anilines is 1. The molecular formula is C15H12ClNO2. The summed E-state index contributed by atoms with van der Waals surface area (Å²) >= 11 is 5.94. The van der Waals surface area contributed by atoms with E-state index in [0.29, 0.717) is 34.2 Å². The second kappa shape index (κ2) is 4.59. The molecule has 0 fully saturated rings. The Balaban J connectivity index is 2.07. The molecule has 2 aromatic carbocycles. The van der Waals surface area contributed by atoms with Crippen molar-refractivity contribution >= 4 is 23.1 Å². The number of ether oxygens (including phenoxy) is 1. The topological polar surface area (TPSA) is 52.3 Å². The summed E-state index contributed by atoms with van der Waals surface area (Å²) in [4.78, 5) is 12.5. The summed E-state index contributed by atoms with van der Waals surface area (Å²) in [5, 5.41) is 0.455.